The second kappa shape index (κ2) is 5.96. The van der Waals surface area contributed by atoms with Gasteiger partial charge in [-0.25, -0.2) is 0 Å². The Balaban J connectivity index is 1.99. The molecule has 1 aliphatic rings. The summed E-state index contributed by atoms with van der Waals surface area (Å²) in [5, 5.41) is 12.8. The molecule has 0 amide bonds. The smallest absolute Gasteiger partial charge is 0.0791 e. The van der Waals surface area contributed by atoms with Crippen LogP contribution in [0.25, 0.3) is 0 Å². The van der Waals surface area contributed by atoms with Crippen LogP contribution < -0.4 is 5.32 Å². The van der Waals surface area contributed by atoms with Crippen LogP contribution in [-0.2, 0) is 13.0 Å². The van der Waals surface area contributed by atoms with Crippen molar-refractivity contribution in [1.82, 2.24) is 10.2 Å². The Morgan fingerprint density at radius 2 is 2.35 bits per heavy atom. The molecule has 0 aromatic heterocycles. The second-order valence-corrected chi connectivity index (χ2v) is 5.43. The fraction of sp³-hybridized carbons (Fsp3) is 0.538. The lowest BCUT2D eigenvalue weighted by Gasteiger charge is -2.30. The van der Waals surface area contributed by atoms with Crippen LogP contribution >= 0.6 is 15.9 Å². The summed E-state index contributed by atoms with van der Waals surface area (Å²) in [6, 6.07) is 6.36. The summed E-state index contributed by atoms with van der Waals surface area (Å²) in [4.78, 5) is 2.32. The Bertz CT molecular complexity index is 384. The lowest BCUT2D eigenvalue weighted by Crippen LogP contribution is -2.40. The van der Waals surface area contributed by atoms with E-state index in [9.17, 15) is 5.11 Å². The number of rotatable bonds is 4. The quantitative estimate of drug-likeness (QED) is 0.882. The molecule has 1 aliphatic heterocycles. The van der Waals surface area contributed by atoms with Gasteiger partial charge in [0.05, 0.1) is 6.10 Å². The lowest BCUT2D eigenvalue weighted by atomic mass is 10.00. The summed E-state index contributed by atoms with van der Waals surface area (Å²) in [5.41, 5.74) is 2.80. The van der Waals surface area contributed by atoms with Crippen LogP contribution in [0.4, 0.5) is 0 Å². The average Bonchev–Trinajstić information content (AvgIpc) is 2.29. The number of halogens is 1. The van der Waals surface area contributed by atoms with Crippen LogP contribution in [0, 0.1) is 0 Å². The van der Waals surface area contributed by atoms with Crippen molar-refractivity contribution in [3.63, 3.8) is 0 Å². The molecule has 1 aromatic rings. The van der Waals surface area contributed by atoms with Gasteiger partial charge in [0.2, 0.25) is 0 Å². The van der Waals surface area contributed by atoms with E-state index < -0.39 is 0 Å². The summed E-state index contributed by atoms with van der Waals surface area (Å²) in [5.74, 6) is 0. The zero-order valence-electron chi connectivity index (χ0n) is 10.1. The topological polar surface area (TPSA) is 35.5 Å². The van der Waals surface area contributed by atoms with E-state index >= 15 is 0 Å². The molecule has 0 spiro atoms. The van der Waals surface area contributed by atoms with Gasteiger partial charge in [-0.15, -0.1) is 0 Å². The first-order valence-electron chi connectivity index (χ1n) is 6.02. The molecular weight excluding hydrogens is 280 g/mol. The lowest BCUT2D eigenvalue weighted by molar-refractivity contribution is 0.106. The van der Waals surface area contributed by atoms with Gasteiger partial charge >= 0.3 is 0 Å². The van der Waals surface area contributed by atoms with E-state index in [-0.39, 0.29) is 6.10 Å². The van der Waals surface area contributed by atoms with Crippen molar-refractivity contribution >= 4 is 15.9 Å². The zero-order valence-corrected chi connectivity index (χ0v) is 11.7. The highest BCUT2D eigenvalue weighted by Crippen LogP contribution is 2.26. The molecule has 94 valence electrons. The molecule has 1 heterocycles. The first kappa shape index (κ1) is 13.0. The minimum Gasteiger partial charge on any atom is -0.390 e. The van der Waals surface area contributed by atoms with Crippen molar-refractivity contribution in [2.75, 3.05) is 26.7 Å². The van der Waals surface area contributed by atoms with E-state index in [4.69, 9.17) is 0 Å². The highest BCUT2D eigenvalue weighted by atomic mass is 79.9. The summed E-state index contributed by atoms with van der Waals surface area (Å²) in [6.45, 7) is 3.36. The van der Waals surface area contributed by atoms with Crippen molar-refractivity contribution in [1.29, 1.82) is 0 Å². The van der Waals surface area contributed by atoms with Crippen LogP contribution in [0.15, 0.2) is 22.7 Å². The van der Waals surface area contributed by atoms with Crippen molar-refractivity contribution in [3.8, 4) is 0 Å². The number of hydrogen-bond donors (Lipinski definition) is 2. The normalized spacial score (nSPS) is 17.8. The molecule has 17 heavy (non-hydrogen) atoms. The predicted molar refractivity (Wildman–Crippen MR) is 73.1 cm³/mol. The van der Waals surface area contributed by atoms with Crippen molar-refractivity contribution in [2.24, 2.45) is 0 Å². The van der Waals surface area contributed by atoms with E-state index in [2.05, 4.69) is 44.3 Å². The molecule has 4 heteroatoms. The Hall–Kier alpha value is -0.420. The summed E-state index contributed by atoms with van der Waals surface area (Å²) < 4.78 is 1.21. The van der Waals surface area contributed by atoms with Crippen LogP contribution in [0.1, 0.15) is 11.1 Å². The minimum absolute atomic E-state index is 0.284. The summed E-state index contributed by atoms with van der Waals surface area (Å²) in [7, 11) is 1.87. The number of benzene rings is 1. The molecule has 1 atom stereocenters. The van der Waals surface area contributed by atoms with E-state index in [1.54, 1.807) is 0 Å². The highest BCUT2D eigenvalue weighted by Gasteiger charge is 2.19. The SMILES string of the molecule is CNCC(O)CN1CCc2c(Br)cccc2C1. The maximum atomic E-state index is 9.79. The van der Waals surface area contributed by atoms with Crippen molar-refractivity contribution in [3.05, 3.63) is 33.8 Å². The Morgan fingerprint density at radius 1 is 1.53 bits per heavy atom. The Labute approximate surface area is 111 Å². The molecule has 0 bridgehead atoms. The number of aliphatic hydroxyl groups excluding tert-OH is 1. The molecule has 0 fully saturated rings. The Kier molecular flexibility index (Phi) is 4.56. The zero-order chi connectivity index (χ0) is 12.3. The fourth-order valence-corrected chi connectivity index (χ4v) is 2.98. The molecule has 1 aromatic carbocycles. The maximum Gasteiger partial charge on any atom is 0.0791 e. The van der Waals surface area contributed by atoms with Gasteiger partial charge in [0.1, 0.15) is 0 Å². The van der Waals surface area contributed by atoms with E-state index in [0.717, 1.165) is 26.1 Å². The van der Waals surface area contributed by atoms with Gasteiger partial charge in [-0.2, -0.15) is 0 Å². The van der Waals surface area contributed by atoms with E-state index in [1.807, 2.05) is 7.05 Å². The molecule has 1 unspecified atom stereocenters. The van der Waals surface area contributed by atoms with E-state index in [1.165, 1.54) is 15.6 Å². The van der Waals surface area contributed by atoms with Gasteiger partial charge in [0, 0.05) is 30.7 Å². The van der Waals surface area contributed by atoms with Crippen LogP contribution in [0.2, 0.25) is 0 Å². The third-order valence-corrected chi connectivity index (χ3v) is 3.94. The van der Waals surface area contributed by atoms with Gasteiger partial charge in [-0.05, 0) is 30.7 Å². The first-order valence-corrected chi connectivity index (χ1v) is 6.81. The summed E-state index contributed by atoms with van der Waals surface area (Å²) in [6.07, 6.45) is 0.775. The molecule has 2 N–H and O–H groups in total. The molecule has 2 rings (SSSR count). The van der Waals surface area contributed by atoms with Crippen LogP contribution in [0.3, 0.4) is 0 Å². The monoisotopic (exact) mass is 298 g/mol. The first-order chi connectivity index (χ1) is 8.20. The minimum atomic E-state index is -0.284. The fourth-order valence-electron chi connectivity index (χ4n) is 2.38. The molecule has 3 nitrogen and oxygen atoms in total. The second-order valence-electron chi connectivity index (χ2n) is 4.57. The van der Waals surface area contributed by atoms with Crippen molar-refractivity contribution in [2.45, 2.75) is 19.1 Å². The average molecular weight is 299 g/mol. The number of β-amino-alcohol motifs (C(OH)–C–C–N with tert-alkyl or cyclic N) is 1. The number of hydrogen-bond acceptors (Lipinski definition) is 3. The number of nitrogens with zero attached hydrogens (tertiary/aromatic N) is 1. The standard InChI is InChI=1S/C13H19BrN2O/c1-15-7-11(17)9-16-6-5-12-10(8-16)3-2-4-13(12)14/h2-4,11,15,17H,5-9H2,1H3. The van der Waals surface area contributed by atoms with Gasteiger partial charge in [-0.3, -0.25) is 4.90 Å². The molecule has 0 saturated carbocycles. The number of nitrogens with one attached hydrogen (secondary N) is 1. The van der Waals surface area contributed by atoms with Gasteiger partial charge < -0.3 is 10.4 Å². The van der Waals surface area contributed by atoms with Crippen LogP contribution in [0.5, 0.6) is 0 Å². The third-order valence-electron chi connectivity index (χ3n) is 3.20. The van der Waals surface area contributed by atoms with Gasteiger partial charge in [-0.1, -0.05) is 28.1 Å². The predicted octanol–water partition coefficient (Wildman–Crippen LogP) is 1.39. The highest BCUT2D eigenvalue weighted by molar-refractivity contribution is 9.10. The largest absolute Gasteiger partial charge is 0.390 e. The number of likely N-dealkylation sites (N-methyl/N-ethyl adjacent to an activating group) is 1. The summed E-state index contributed by atoms with van der Waals surface area (Å²) >= 11 is 3.60. The third kappa shape index (κ3) is 3.28. The maximum absolute atomic E-state index is 9.79. The van der Waals surface area contributed by atoms with E-state index in [0.29, 0.717) is 6.54 Å². The number of aliphatic hydroxyl groups is 1. The van der Waals surface area contributed by atoms with Crippen molar-refractivity contribution < 1.29 is 5.11 Å². The molecule has 0 saturated heterocycles. The van der Waals surface area contributed by atoms with Crippen LogP contribution in [-0.4, -0.2) is 42.8 Å². The molecular formula is C13H19BrN2O. The number of fused-ring (bicyclic) bond motifs is 1. The Morgan fingerprint density at radius 3 is 3.12 bits per heavy atom. The van der Waals surface area contributed by atoms with Gasteiger partial charge in [0.25, 0.3) is 0 Å². The van der Waals surface area contributed by atoms with Gasteiger partial charge in [0.15, 0.2) is 0 Å². The molecule has 0 radical (unpaired) electrons. The molecule has 0 aliphatic carbocycles.